The third kappa shape index (κ3) is 2.71. The maximum Gasteiger partial charge on any atom is 0.230 e. The van der Waals surface area contributed by atoms with Gasteiger partial charge in [0.05, 0.1) is 37.9 Å². The van der Waals surface area contributed by atoms with Crippen LogP contribution in [0.3, 0.4) is 0 Å². The molecule has 3 aliphatic rings. The summed E-state index contributed by atoms with van der Waals surface area (Å²) < 4.78 is 11.4. The first kappa shape index (κ1) is 14.3. The molecule has 2 saturated heterocycles. The predicted molar refractivity (Wildman–Crippen MR) is 75.5 cm³/mol. The molecule has 4 atom stereocenters. The SMILES string of the molecule is CCNC1COCC1C(=O)N1CCOC2CCCCC21. The van der Waals surface area contributed by atoms with E-state index < -0.39 is 0 Å². The van der Waals surface area contributed by atoms with Crippen molar-refractivity contribution in [3.63, 3.8) is 0 Å². The number of nitrogens with zero attached hydrogens (tertiary/aromatic N) is 1. The lowest BCUT2D eigenvalue weighted by molar-refractivity contribution is -0.154. The molecule has 0 spiro atoms. The van der Waals surface area contributed by atoms with Crippen molar-refractivity contribution < 1.29 is 14.3 Å². The second kappa shape index (κ2) is 6.41. The molecule has 1 aliphatic carbocycles. The highest BCUT2D eigenvalue weighted by molar-refractivity contribution is 5.80. The molecule has 0 aromatic heterocycles. The van der Waals surface area contributed by atoms with Gasteiger partial charge in [0.1, 0.15) is 0 Å². The molecule has 1 saturated carbocycles. The van der Waals surface area contributed by atoms with Gasteiger partial charge in [-0.05, 0) is 19.4 Å². The van der Waals surface area contributed by atoms with Crippen molar-refractivity contribution >= 4 is 5.91 Å². The number of fused-ring (bicyclic) bond motifs is 1. The van der Waals surface area contributed by atoms with Crippen LogP contribution in [-0.4, -0.2) is 61.9 Å². The Morgan fingerprint density at radius 2 is 2.15 bits per heavy atom. The first-order chi connectivity index (χ1) is 9.81. The zero-order valence-corrected chi connectivity index (χ0v) is 12.3. The Labute approximate surface area is 121 Å². The van der Waals surface area contributed by atoms with Crippen LogP contribution in [-0.2, 0) is 14.3 Å². The molecule has 1 N–H and O–H groups in total. The van der Waals surface area contributed by atoms with Gasteiger partial charge in [-0.3, -0.25) is 4.79 Å². The molecule has 0 aromatic carbocycles. The molecule has 1 amide bonds. The molecule has 114 valence electrons. The average molecular weight is 282 g/mol. The zero-order chi connectivity index (χ0) is 13.9. The van der Waals surface area contributed by atoms with Crippen molar-refractivity contribution in [2.45, 2.75) is 50.8 Å². The second-order valence-corrected chi connectivity index (χ2v) is 6.10. The quantitative estimate of drug-likeness (QED) is 0.831. The van der Waals surface area contributed by atoms with Crippen molar-refractivity contribution in [2.75, 3.05) is 32.9 Å². The predicted octanol–water partition coefficient (Wildman–Crippen LogP) is 0.781. The number of rotatable bonds is 3. The molecular weight excluding hydrogens is 256 g/mol. The van der Waals surface area contributed by atoms with Crippen LogP contribution in [0.1, 0.15) is 32.6 Å². The standard InChI is InChI=1S/C15H26N2O3/c1-2-16-12-10-19-9-11(12)15(18)17-7-8-20-14-6-4-3-5-13(14)17/h11-14,16H,2-10H2,1H3. The molecule has 0 radical (unpaired) electrons. The van der Waals surface area contributed by atoms with Crippen LogP contribution in [0.15, 0.2) is 0 Å². The smallest absolute Gasteiger partial charge is 0.230 e. The number of morpholine rings is 1. The number of amides is 1. The minimum Gasteiger partial charge on any atom is -0.379 e. The van der Waals surface area contributed by atoms with Crippen LogP contribution in [0.25, 0.3) is 0 Å². The van der Waals surface area contributed by atoms with E-state index in [4.69, 9.17) is 9.47 Å². The summed E-state index contributed by atoms with van der Waals surface area (Å²) in [4.78, 5) is 15.0. The van der Waals surface area contributed by atoms with E-state index in [1.165, 1.54) is 12.8 Å². The summed E-state index contributed by atoms with van der Waals surface area (Å²) in [5, 5.41) is 3.38. The topological polar surface area (TPSA) is 50.8 Å². The second-order valence-electron chi connectivity index (χ2n) is 6.10. The van der Waals surface area contributed by atoms with E-state index >= 15 is 0 Å². The summed E-state index contributed by atoms with van der Waals surface area (Å²) in [6.45, 7) is 5.61. The van der Waals surface area contributed by atoms with E-state index in [0.717, 1.165) is 25.9 Å². The van der Waals surface area contributed by atoms with Gasteiger partial charge in [-0.2, -0.15) is 0 Å². The molecular formula is C15H26N2O3. The van der Waals surface area contributed by atoms with E-state index in [1.807, 2.05) is 0 Å². The highest BCUT2D eigenvalue weighted by atomic mass is 16.5. The Morgan fingerprint density at radius 3 is 3.00 bits per heavy atom. The summed E-state index contributed by atoms with van der Waals surface area (Å²) >= 11 is 0. The van der Waals surface area contributed by atoms with Crippen LogP contribution >= 0.6 is 0 Å². The fourth-order valence-corrected chi connectivity index (χ4v) is 3.84. The fourth-order valence-electron chi connectivity index (χ4n) is 3.84. The van der Waals surface area contributed by atoms with E-state index in [-0.39, 0.29) is 24.0 Å². The van der Waals surface area contributed by atoms with Crippen molar-refractivity contribution in [2.24, 2.45) is 5.92 Å². The van der Waals surface area contributed by atoms with Gasteiger partial charge in [-0.25, -0.2) is 0 Å². The normalized spacial score (nSPS) is 37.8. The van der Waals surface area contributed by atoms with Crippen LogP contribution in [0.2, 0.25) is 0 Å². The Bertz CT molecular complexity index is 348. The summed E-state index contributed by atoms with van der Waals surface area (Å²) in [6, 6.07) is 0.477. The summed E-state index contributed by atoms with van der Waals surface area (Å²) in [7, 11) is 0. The van der Waals surface area contributed by atoms with Gasteiger partial charge < -0.3 is 19.7 Å². The minimum absolute atomic E-state index is 0.0179. The Hall–Kier alpha value is -0.650. The van der Waals surface area contributed by atoms with Crippen LogP contribution in [0, 0.1) is 5.92 Å². The molecule has 2 aliphatic heterocycles. The number of carbonyl (C=O) groups excluding carboxylic acids is 1. The fraction of sp³-hybridized carbons (Fsp3) is 0.933. The van der Waals surface area contributed by atoms with Gasteiger partial charge in [0.25, 0.3) is 0 Å². The van der Waals surface area contributed by atoms with Gasteiger partial charge in [0.15, 0.2) is 0 Å². The molecule has 3 rings (SSSR count). The third-order valence-corrected chi connectivity index (χ3v) is 4.88. The van der Waals surface area contributed by atoms with Crippen LogP contribution in [0.4, 0.5) is 0 Å². The Morgan fingerprint density at radius 1 is 1.30 bits per heavy atom. The lowest BCUT2D eigenvalue weighted by atomic mass is 9.89. The van der Waals surface area contributed by atoms with Crippen LogP contribution < -0.4 is 5.32 Å². The van der Waals surface area contributed by atoms with E-state index in [0.29, 0.717) is 25.9 Å². The lowest BCUT2D eigenvalue weighted by Crippen LogP contribution is -2.58. The van der Waals surface area contributed by atoms with Crippen molar-refractivity contribution in [3.05, 3.63) is 0 Å². The van der Waals surface area contributed by atoms with Gasteiger partial charge in [-0.15, -0.1) is 0 Å². The number of nitrogens with one attached hydrogen (secondary N) is 1. The molecule has 0 aromatic rings. The summed E-state index contributed by atoms with van der Waals surface area (Å²) in [5.41, 5.74) is 0. The summed E-state index contributed by atoms with van der Waals surface area (Å²) in [6.07, 6.45) is 4.91. The lowest BCUT2D eigenvalue weighted by Gasteiger charge is -2.45. The first-order valence-corrected chi connectivity index (χ1v) is 8.04. The molecule has 2 heterocycles. The minimum atomic E-state index is -0.0179. The Kier molecular flexibility index (Phi) is 4.58. The number of hydrogen-bond acceptors (Lipinski definition) is 4. The summed E-state index contributed by atoms with van der Waals surface area (Å²) in [5.74, 6) is 0.254. The number of hydrogen-bond donors (Lipinski definition) is 1. The van der Waals surface area contributed by atoms with E-state index in [2.05, 4.69) is 17.1 Å². The number of carbonyl (C=O) groups is 1. The van der Waals surface area contributed by atoms with Crippen molar-refractivity contribution in [1.29, 1.82) is 0 Å². The van der Waals surface area contributed by atoms with Crippen molar-refractivity contribution in [3.8, 4) is 0 Å². The Balaban J connectivity index is 1.68. The maximum atomic E-state index is 12.9. The van der Waals surface area contributed by atoms with E-state index in [1.54, 1.807) is 0 Å². The largest absolute Gasteiger partial charge is 0.379 e. The van der Waals surface area contributed by atoms with Gasteiger partial charge >= 0.3 is 0 Å². The van der Waals surface area contributed by atoms with Gasteiger partial charge in [0, 0.05) is 12.6 Å². The molecule has 20 heavy (non-hydrogen) atoms. The van der Waals surface area contributed by atoms with E-state index in [9.17, 15) is 4.79 Å². The highest BCUT2D eigenvalue weighted by Gasteiger charge is 2.42. The molecule has 5 nitrogen and oxygen atoms in total. The first-order valence-electron chi connectivity index (χ1n) is 8.04. The monoisotopic (exact) mass is 282 g/mol. The molecule has 4 unspecified atom stereocenters. The van der Waals surface area contributed by atoms with Gasteiger partial charge in [-0.1, -0.05) is 19.8 Å². The highest BCUT2D eigenvalue weighted by Crippen LogP contribution is 2.30. The van der Waals surface area contributed by atoms with Crippen molar-refractivity contribution in [1.82, 2.24) is 10.2 Å². The van der Waals surface area contributed by atoms with Crippen LogP contribution in [0.5, 0.6) is 0 Å². The number of ether oxygens (including phenoxy) is 2. The maximum absolute atomic E-state index is 12.9. The van der Waals surface area contributed by atoms with Gasteiger partial charge in [0.2, 0.25) is 5.91 Å². The molecule has 0 bridgehead atoms. The molecule has 5 heteroatoms. The molecule has 3 fully saturated rings. The number of likely N-dealkylation sites (N-methyl/N-ethyl adjacent to an activating group) is 1. The zero-order valence-electron chi connectivity index (χ0n) is 12.3. The average Bonchev–Trinajstić information content (AvgIpc) is 2.94. The third-order valence-electron chi connectivity index (χ3n) is 4.88.